The number of nitrogens with one attached hydrogen (secondary N) is 1. The molecule has 1 aromatic heterocycles. The zero-order chi connectivity index (χ0) is 15.6. The summed E-state index contributed by atoms with van der Waals surface area (Å²) in [5.41, 5.74) is 0. The summed E-state index contributed by atoms with van der Waals surface area (Å²) < 4.78 is 2.23. The molecule has 0 amide bonds. The average Bonchev–Trinajstić information content (AvgIpc) is 3.27. The molecule has 6 heteroatoms. The van der Waals surface area contributed by atoms with Gasteiger partial charge in [0.2, 0.25) is 0 Å². The highest BCUT2D eigenvalue weighted by Gasteiger charge is 2.37. The summed E-state index contributed by atoms with van der Waals surface area (Å²) in [6.07, 6.45) is 7.98. The predicted molar refractivity (Wildman–Crippen MR) is 93.7 cm³/mol. The lowest BCUT2D eigenvalue weighted by atomic mass is 9.94. The number of aromatic nitrogens is 3. The molecule has 1 aliphatic carbocycles. The Balaban J connectivity index is 1.26. The van der Waals surface area contributed by atoms with Crippen LogP contribution in [0.1, 0.15) is 37.9 Å². The van der Waals surface area contributed by atoms with Gasteiger partial charge < -0.3 is 9.88 Å². The van der Waals surface area contributed by atoms with Crippen molar-refractivity contribution in [3.05, 3.63) is 5.82 Å². The first-order valence-corrected chi connectivity index (χ1v) is 10.2. The van der Waals surface area contributed by atoms with Crippen molar-refractivity contribution in [1.29, 1.82) is 0 Å². The number of likely N-dealkylation sites (tertiary alicyclic amines) is 1. The number of rotatable bonds is 6. The molecule has 3 fully saturated rings. The van der Waals surface area contributed by atoms with E-state index in [0.717, 1.165) is 48.3 Å². The van der Waals surface area contributed by atoms with Gasteiger partial charge in [-0.2, -0.15) is 0 Å². The second-order valence-corrected chi connectivity index (χ2v) is 8.59. The third kappa shape index (κ3) is 3.59. The Kier molecular flexibility index (Phi) is 4.92. The highest BCUT2D eigenvalue weighted by molar-refractivity contribution is 7.99. The van der Waals surface area contributed by atoms with Crippen LogP contribution in [0.15, 0.2) is 5.16 Å². The number of thioether (sulfide) groups is 1. The van der Waals surface area contributed by atoms with Crippen LogP contribution in [0.25, 0.3) is 0 Å². The molecule has 3 aliphatic rings. The van der Waals surface area contributed by atoms with Gasteiger partial charge in [0, 0.05) is 38.4 Å². The second-order valence-electron chi connectivity index (χ2n) is 7.53. The Labute approximate surface area is 143 Å². The highest BCUT2D eigenvalue weighted by atomic mass is 32.2. The van der Waals surface area contributed by atoms with E-state index in [1.54, 1.807) is 0 Å². The van der Waals surface area contributed by atoms with Crippen LogP contribution in [0, 0.1) is 11.8 Å². The molecule has 2 bridgehead atoms. The van der Waals surface area contributed by atoms with Crippen molar-refractivity contribution in [3.8, 4) is 0 Å². The standard InChI is InChI=1S/C17H29N5S/c1-21-16(11-13-4-6-18-7-5-13)19-20-17(21)23-9-8-22-12-14-2-3-15(22)10-14/h13-15,18H,2-12H2,1H3/t14-,15-/m0/s1. The minimum absolute atomic E-state index is 0.775. The molecule has 0 radical (unpaired) electrons. The largest absolute Gasteiger partial charge is 0.317 e. The quantitative estimate of drug-likeness (QED) is 0.805. The lowest BCUT2D eigenvalue weighted by Gasteiger charge is -2.26. The summed E-state index contributed by atoms with van der Waals surface area (Å²) in [4.78, 5) is 2.70. The molecule has 4 rings (SSSR count). The Morgan fingerprint density at radius 2 is 2.04 bits per heavy atom. The maximum absolute atomic E-state index is 4.46. The van der Waals surface area contributed by atoms with Gasteiger partial charge in [0.05, 0.1) is 0 Å². The summed E-state index contributed by atoms with van der Waals surface area (Å²) >= 11 is 1.88. The van der Waals surface area contributed by atoms with Crippen molar-refractivity contribution < 1.29 is 0 Å². The van der Waals surface area contributed by atoms with Gasteiger partial charge in [-0.3, -0.25) is 4.90 Å². The summed E-state index contributed by atoms with van der Waals surface area (Å²) in [6, 6.07) is 0.885. The van der Waals surface area contributed by atoms with Crippen molar-refractivity contribution >= 4 is 11.8 Å². The Morgan fingerprint density at radius 1 is 1.17 bits per heavy atom. The van der Waals surface area contributed by atoms with Crippen LogP contribution < -0.4 is 5.32 Å². The molecular formula is C17H29N5S. The lowest BCUT2D eigenvalue weighted by molar-refractivity contribution is 0.226. The summed E-state index contributed by atoms with van der Waals surface area (Å²) in [7, 11) is 2.14. The van der Waals surface area contributed by atoms with Crippen LogP contribution in [0.4, 0.5) is 0 Å². The Bertz CT molecular complexity index is 525. The molecule has 1 saturated carbocycles. The molecule has 3 heterocycles. The van der Waals surface area contributed by atoms with Crippen molar-refractivity contribution in [1.82, 2.24) is 25.0 Å². The molecule has 128 valence electrons. The van der Waals surface area contributed by atoms with Crippen LogP contribution >= 0.6 is 11.8 Å². The van der Waals surface area contributed by atoms with E-state index in [1.807, 2.05) is 11.8 Å². The van der Waals surface area contributed by atoms with Crippen LogP contribution in [-0.2, 0) is 13.5 Å². The Hall–Kier alpha value is -0.590. The van der Waals surface area contributed by atoms with E-state index in [0.29, 0.717) is 0 Å². The third-order valence-corrected chi connectivity index (χ3v) is 6.99. The van der Waals surface area contributed by atoms with Gasteiger partial charge in [0.25, 0.3) is 0 Å². The molecule has 0 aromatic carbocycles. The molecule has 0 spiro atoms. The summed E-state index contributed by atoms with van der Waals surface area (Å²) in [6.45, 7) is 4.86. The monoisotopic (exact) mass is 335 g/mol. The number of nitrogens with zero attached hydrogens (tertiary/aromatic N) is 4. The molecule has 1 aromatic rings. The summed E-state index contributed by atoms with van der Waals surface area (Å²) in [5.74, 6) is 4.08. The molecule has 0 unspecified atom stereocenters. The van der Waals surface area contributed by atoms with Crippen molar-refractivity contribution in [2.24, 2.45) is 18.9 Å². The number of hydrogen-bond donors (Lipinski definition) is 1. The normalized spacial score (nSPS) is 28.7. The summed E-state index contributed by atoms with van der Waals surface area (Å²) in [5, 5.41) is 13.4. The third-order valence-electron chi connectivity index (χ3n) is 5.99. The van der Waals surface area contributed by atoms with Crippen molar-refractivity contribution in [3.63, 3.8) is 0 Å². The van der Waals surface area contributed by atoms with Crippen LogP contribution in [-0.4, -0.2) is 57.6 Å². The average molecular weight is 336 g/mol. The molecule has 23 heavy (non-hydrogen) atoms. The minimum Gasteiger partial charge on any atom is -0.317 e. The van der Waals surface area contributed by atoms with Crippen molar-refractivity contribution in [2.45, 2.75) is 49.7 Å². The number of hydrogen-bond acceptors (Lipinski definition) is 5. The van der Waals surface area contributed by atoms with E-state index >= 15 is 0 Å². The van der Waals surface area contributed by atoms with E-state index in [-0.39, 0.29) is 0 Å². The molecule has 2 atom stereocenters. The van der Waals surface area contributed by atoms with Gasteiger partial charge in [0.1, 0.15) is 5.82 Å². The van der Waals surface area contributed by atoms with Gasteiger partial charge in [0.15, 0.2) is 5.16 Å². The zero-order valence-corrected chi connectivity index (χ0v) is 15.0. The molecular weight excluding hydrogens is 306 g/mol. The van der Waals surface area contributed by atoms with Gasteiger partial charge in [-0.05, 0) is 57.0 Å². The molecule has 2 saturated heterocycles. The first-order chi connectivity index (χ1) is 11.3. The predicted octanol–water partition coefficient (Wildman–Crippen LogP) is 1.93. The second kappa shape index (κ2) is 7.11. The van der Waals surface area contributed by atoms with E-state index in [4.69, 9.17) is 0 Å². The van der Waals surface area contributed by atoms with Crippen LogP contribution in [0.3, 0.4) is 0 Å². The number of piperidine rings is 2. The fourth-order valence-electron chi connectivity index (χ4n) is 4.55. The van der Waals surface area contributed by atoms with Crippen LogP contribution in [0.5, 0.6) is 0 Å². The van der Waals surface area contributed by atoms with Gasteiger partial charge >= 0.3 is 0 Å². The maximum atomic E-state index is 4.46. The minimum atomic E-state index is 0.775. The highest BCUT2D eigenvalue weighted by Crippen LogP contribution is 2.37. The Morgan fingerprint density at radius 3 is 2.78 bits per heavy atom. The molecule has 5 nitrogen and oxygen atoms in total. The lowest BCUT2D eigenvalue weighted by Crippen LogP contribution is -2.33. The smallest absolute Gasteiger partial charge is 0.190 e. The van der Waals surface area contributed by atoms with Gasteiger partial charge in [-0.25, -0.2) is 0 Å². The topological polar surface area (TPSA) is 46.0 Å². The fraction of sp³-hybridized carbons (Fsp3) is 0.882. The van der Waals surface area contributed by atoms with E-state index in [2.05, 4.69) is 32.0 Å². The van der Waals surface area contributed by atoms with Gasteiger partial charge in [-0.1, -0.05) is 11.8 Å². The van der Waals surface area contributed by atoms with E-state index in [9.17, 15) is 0 Å². The molecule has 1 N–H and O–H groups in total. The maximum Gasteiger partial charge on any atom is 0.190 e. The van der Waals surface area contributed by atoms with E-state index < -0.39 is 0 Å². The van der Waals surface area contributed by atoms with E-state index in [1.165, 1.54) is 51.0 Å². The van der Waals surface area contributed by atoms with Gasteiger partial charge in [-0.15, -0.1) is 10.2 Å². The first kappa shape index (κ1) is 15.9. The SMILES string of the molecule is Cn1c(CC2CCNCC2)nnc1SCCN1C[C@H]2CC[C@H]1C2. The fourth-order valence-corrected chi connectivity index (χ4v) is 5.45. The molecule has 2 aliphatic heterocycles. The van der Waals surface area contributed by atoms with Crippen LogP contribution in [0.2, 0.25) is 0 Å². The zero-order valence-electron chi connectivity index (χ0n) is 14.2. The number of fused-ring (bicyclic) bond motifs is 2. The first-order valence-electron chi connectivity index (χ1n) is 9.25. The van der Waals surface area contributed by atoms with Crippen molar-refractivity contribution in [2.75, 3.05) is 31.9 Å².